The summed E-state index contributed by atoms with van der Waals surface area (Å²) in [4.78, 5) is 24.2. The molecule has 1 aromatic heterocycles. The second kappa shape index (κ2) is 8.86. The molecule has 2 aliphatic heterocycles. The van der Waals surface area contributed by atoms with Gasteiger partial charge < -0.3 is 15.0 Å². The van der Waals surface area contributed by atoms with Crippen molar-refractivity contribution in [3.63, 3.8) is 0 Å². The topological polar surface area (TPSA) is 67.3 Å². The van der Waals surface area contributed by atoms with Crippen LogP contribution in [0.15, 0.2) is 30.5 Å². The third kappa shape index (κ3) is 4.40. The van der Waals surface area contributed by atoms with Crippen LogP contribution in [0, 0.1) is 5.82 Å². The van der Waals surface area contributed by atoms with E-state index in [0.717, 1.165) is 43.0 Å². The highest BCUT2D eigenvalue weighted by Crippen LogP contribution is 2.25. The van der Waals surface area contributed by atoms with Crippen molar-refractivity contribution in [2.24, 2.45) is 0 Å². The fourth-order valence-electron chi connectivity index (χ4n) is 3.99. The van der Waals surface area contributed by atoms with Gasteiger partial charge in [0.05, 0.1) is 5.69 Å². The maximum Gasteiger partial charge on any atom is 0.263 e. The minimum atomic E-state index is -0.707. The number of hydrogen-bond acceptors (Lipinski definition) is 5. The third-order valence-electron chi connectivity index (χ3n) is 5.68. The van der Waals surface area contributed by atoms with E-state index >= 15 is 0 Å². The molecule has 7 heteroatoms. The monoisotopic (exact) mass is 398 g/mol. The number of rotatable bonds is 5. The van der Waals surface area contributed by atoms with E-state index in [1.54, 1.807) is 23.1 Å². The third-order valence-corrected chi connectivity index (χ3v) is 5.68. The zero-order valence-corrected chi connectivity index (χ0v) is 16.7. The zero-order valence-electron chi connectivity index (χ0n) is 16.7. The molecule has 1 N–H and O–H groups in total. The Balaban J connectivity index is 1.44. The molecule has 0 radical (unpaired) electrons. The average Bonchev–Trinajstić information content (AvgIpc) is 2.78. The van der Waals surface area contributed by atoms with E-state index in [1.165, 1.54) is 6.07 Å². The van der Waals surface area contributed by atoms with Crippen LogP contribution in [0.3, 0.4) is 0 Å². The minimum Gasteiger partial charge on any atom is -0.478 e. The fraction of sp³-hybridized carbons (Fsp3) is 0.500. The van der Waals surface area contributed by atoms with Crippen LogP contribution >= 0.6 is 0 Å². The maximum absolute atomic E-state index is 13.9. The number of halogens is 1. The lowest BCUT2D eigenvalue weighted by Gasteiger charge is -2.31. The van der Waals surface area contributed by atoms with E-state index in [4.69, 9.17) is 9.72 Å². The quantitative estimate of drug-likeness (QED) is 0.839. The van der Waals surface area contributed by atoms with Gasteiger partial charge in [0, 0.05) is 43.7 Å². The Labute approximate surface area is 170 Å². The molecule has 2 atom stereocenters. The first kappa shape index (κ1) is 19.8. The molecule has 29 heavy (non-hydrogen) atoms. The fourth-order valence-corrected chi connectivity index (χ4v) is 3.99. The number of piperidine rings is 1. The molecular weight excluding hydrogens is 371 g/mol. The summed E-state index contributed by atoms with van der Waals surface area (Å²) in [5, 5.41) is 3.40. The Hall–Kier alpha value is -2.54. The van der Waals surface area contributed by atoms with Gasteiger partial charge in [0.2, 0.25) is 0 Å². The van der Waals surface area contributed by atoms with Crippen molar-refractivity contribution in [1.82, 2.24) is 20.2 Å². The van der Waals surface area contributed by atoms with E-state index < -0.39 is 11.9 Å². The summed E-state index contributed by atoms with van der Waals surface area (Å²) in [6, 6.07) is 6.18. The van der Waals surface area contributed by atoms with Gasteiger partial charge in [-0.2, -0.15) is 0 Å². The molecule has 1 amide bonds. The number of amides is 1. The van der Waals surface area contributed by atoms with Gasteiger partial charge in [0.15, 0.2) is 17.7 Å². The van der Waals surface area contributed by atoms with Gasteiger partial charge in [-0.25, -0.2) is 14.4 Å². The lowest BCUT2D eigenvalue weighted by atomic mass is 9.98. The predicted octanol–water partition coefficient (Wildman–Crippen LogP) is 2.83. The Morgan fingerprint density at radius 2 is 2.28 bits per heavy atom. The normalized spacial score (nSPS) is 20.1. The first-order valence-corrected chi connectivity index (χ1v) is 10.4. The number of nitrogens with zero attached hydrogens (tertiary/aromatic N) is 3. The van der Waals surface area contributed by atoms with Crippen molar-refractivity contribution in [3.8, 4) is 5.75 Å². The number of carbonyl (C=O) groups excluding carboxylic acids is 1. The van der Waals surface area contributed by atoms with Gasteiger partial charge in [-0.3, -0.25) is 4.79 Å². The molecule has 1 fully saturated rings. The van der Waals surface area contributed by atoms with Crippen LogP contribution in [-0.4, -0.2) is 46.5 Å². The average molecular weight is 398 g/mol. The molecule has 1 saturated heterocycles. The lowest BCUT2D eigenvalue weighted by molar-refractivity contribution is -0.140. The van der Waals surface area contributed by atoms with Crippen LogP contribution in [-0.2, 0) is 17.8 Å². The molecule has 0 bridgehead atoms. The van der Waals surface area contributed by atoms with Gasteiger partial charge in [0.25, 0.3) is 5.91 Å². The van der Waals surface area contributed by atoms with Crippen LogP contribution < -0.4 is 10.1 Å². The summed E-state index contributed by atoms with van der Waals surface area (Å²) in [5.74, 6) is 0.805. The number of hydrogen-bond donors (Lipinski definition) is 1. The number of ether oxygens (including phenoxy) is 1. The van der Waals surface area contributed by atoms with Crippen molar-refractivity contribution in [1.29, 1.82) is 0 Å². The van der Waals surface area contributed by atoms with Gasteiger partial charge in [-0.15, -0.1) is 0 Å². The Bertz CT molecular complexity index is 870. The summed E-state index contributed by atoms with van der Waals surface area (Å²) in [6.07, 6.45) is 4.59. The molecule has 0 aliphatic carbocycles. The number of nitrogens with one attached hydrogen (secondary N) is 1. The lowest BCUT2D eigenvalue weighted by Crippen LogP contribution is -2.44. The van der Waals surface area contributed by atoms with E-state index in [2.05, 4.69) is 10.3 Å². The predicted molar refractivity (Wildman–Crippen MR) is 107 cm³/mol. The molecule has 1 aromatic carbocycles. The van der Waals surface area contributed by atoms with Crippen LogP contribution in [0.1, 0.15) is 49.2 Å². The van der Waals surface area contributed by atoms with E-state index in [9.17, 15) is 9.18 Å². The molecule has 0 spiro atoms. The number of fused-ring (bicyclic) bond motifs is 1. The highest BCUT2D eigenvalue weighted by molar-refractivity contribution is 5.81. The minimum absolute atomic E-state index is 0.110. The van der Waals surface area contributed by atoms with E-state index in [1.807, 2.05) is 13.1 Å². The van der Waals surface area contributed by atoms with Crippen molar-refractivity contribution in [2.45, 2.75) is 51.2 Å². The SMILES string of the molecule is CC[C@@H](Oc1ccccc1F)C(=O)N1CCc2nc([C@H]3CCCNC3)ncc2C1. The first-order valence-electron chi connectivity index (χ1n) is 10.4. The highest BCUT2D eigenvalue weighted by atomic mass is 19.1. The standard InChI is InChI=1S/C22H27FN4O2/c1-2-19(29-20-8-4-3-7-17(20)23)22(28)27-11-9-18-16(14-27)13-25-21(26-18)15-6-5-10-24-12-15/h3-4,7-8,13,15,19,24H,2,5-6,9-12,14H2,1H3/t15-,19+/m0/s1. The van der Waals surface area contributed by atoms with Crippen LogP contribution in [0.5, 0.6) is 5.75 Å². The number of benzene rings is 1. The second-order valence-corrected chi connectivity index (χ2v) is 7.70. The summed E-state index contributed by atoms with van der Waals surface area (Å²) in [5.41, 5.74) is 2.02. The van der Waals surface area contributed by atoms with Crippen molar-refractivity contribution >= 4 is 5.91 Å². The summed E-state index contributed by atoms with van der Waals surface area (Å²) >= 11 is 0. The molecule has 2 aliphatic rings. The summed E-state index contributed by atoms with van der Waals surface area (Å²) in [7, 11) is 0. The van der Waals surface area contributed by atoms with Crippen LogP contribution in [0.2, 0.25) is 0 Å². The van der Waals surface area contributed by atoms with Gasteiger partial charge in [-0.1, -0.05) is 19.1 Å². The van der Waals surface area contributed by atoms with E-state index in [0.29, 0.717) is 31.8 Å². The second-order valence-electron chi connectivity index (χ2n) is 7.70. The number of para-hydroxylation sites is 1. The van der Waals surface area contributed by atoms with Crippen LogP contribution in [0.4, 0.5) is 4.39 Å². The highest BCUT2D eigenvalue weighted by Gasteiger charge is 2.29. The summed E-state index contributed by atoms with van der Waals surface area (Å²) < 4.78 is 19.6. The Kier molecular flexibility index (Phi) is 6.04. The molecular formula is C22H27FN4O2. The molecule has 0 saturated carbocycles. The molecule has 2 aromatic rings. The number of aromatic nitrogens is 2. The zero-order chi connectivity index (χ0) is 20.2. The smallest absolute Gasteiger partial charge is 0.263 e. The molecule has 154 valence electrons. The number of carbonyl (C=O) groups is 1. The van der Waals surface area contributed by atoms with E-state index in [-0.39, 0.29) is 11.7 Å². The molecule has 0 unspecified atom stereocenters. The molecule has 3 heterocycles. The van der Waals surface area contributed by atoms with Gasteiger partial charge in [-0.05, 0) is 37.9 Å². The summed E-state index contributed by atoms with van der Waals surface area (Å²) in [6.45, 7) is 4.91. The largest absolute Gasteiger partial charge is 0.478 e. The Morgan fingerprint density at radius 1 is 1.41 bits per heavy atom. The van der Waals surface area contributed by atoms with Crippen molar-refractivity contribution < 1.29 is 13.9 Å². The van der Waals surface area contributed by atoms with Crippen molar-refractivity contribution in [3.05, 3.63) is 53.4 Å². The molecule has 4 rings (SSSR count). The van der Waals surface area contributed by atoms with Crippen molar-refractivity contribution in [2.75, 3.05) is 19.6 Å². The van der Waals surface area contributed by atoms with Crippen LogP contribution in [0.25, 0.3) is 0 Å². The molecule has 6 nitrogen and oxygen atoms in total. The Morgan fingerprint density at radius 3 is 3.03 bits per heavy atom. The maximum atomic E-state index is 13.9. The first-order chi connectivity index (χ1) is 14.2. The van der Waals surface area contributed by atoms with Gasteiger partial charge in [0.1, 0.15) is 5.82 Å². The van der Waals surface area contributed by atoms with Gasteiger partial charge >= 0.3 is 0 Å².